The number of β-amino-alcohol motifs (C(OH)–C–C–N with tert-alkyl or cyclic N) is 1. The van der Waals surface area contributed by atoms with Crippen LogP contribution in [-0.4, -0.2) is 35.1 Å². The second-order valence-corrected chi connectivity index (χ2v) is 4.58. The molecule has 4 heteroatoms. The molecule has 18 heavy (non-hydrogen) atoms. The molecule has 1 saturated heterocycles. The van der Waals surface area contributed by atoms with Crippen molar-refractivity contribution in [3.05, 3.63) is 35.9 Å². The van der Waals surface area contributed by atoms with E-state index in [0.29, 0.717) is 12.2 Å². The maximum absolute atomic E-state index is 11.9. The molecule has 1 fully saturated rings. The summed E-state index contributed by atoms with van der Waals surface area (Å²) in [4.78, 5) is 13.6. The van der Waals surface area contributed by atoms with E-state index in [1.165, 1.54) is 0 Å². The topological polar surface area (TPSA) is 66.6 Å². The lowest BCUT2D eigenvalue weighted by Gasteiger charge is -2.29. The van der Waals surface area contributed by atoms with Gasteiger partial charge < -0.3 is 15.7 Å². The highest BCUT2D eigenvalue weighted by molar-refractivity contribution is 5.91. The first-order valence-corrected chi connectivity index (χ1v) is 6.16. The van der Waals surface area contributed by atoms with E-state index in [2.05, 4.69) is 0 Å². The Bertz CT molecular complexity index is 440. The van der Waals surface area contributed by atoms with Crippen molar-refractivity contribution in [1.29, 1.82) is 0 Å². The van der Waals surface area contributed by atoms with E-state index in [-0.39, 0.29) is 12.0 Å². The zero-order valence-corrected chi connectivity index (χ0v) is 10.2. The third-order valence-corrected chi connectivity index (χ3v) is 3.06. The largest absolute Gasteiger partial charge is 0.399 e. The number of likely N-dealkylation sites (tertiary alicyclic amines) is 1. The number of hydrogen-bond acceptors (Lipinski definition) is 3. The van der Waals surface area contributed by atoms with Crippen LogP contribution >= 0.6 is 0 Å². The molecule has 1 aromatic rings. The summed E-state index contributed by atoms with van der Waals surface area (Å²) in [6, 6.07) is 7.33. The Labute approximate surface area is 107 Å². The molecule has 1 unspecified atom stereocenters. The Balaban J connectivity index is 1.96. The number of benzene rings is 1. The lowest BCUT2D eigenvalue weighted by atomic mass is 10.1. The average Bonchev–Trinajstić information content (AvgIpc) is 2.38. The number of rotatable bonds is 2. The first-order chi connectivity index (χ1) is 8.65. The summed E-state index contributed by atoms with van der Waals surface area (Å²) in [6.07, 6.45) is 4.58. The number of amides is 1. The molecule has 0 aromatic heterocycles. The normalized spacial score (nSPS) is 20.3. The maximum Gasteiger partial charge on any atom is 0.246 e. The fourth-order valence-corrected chi connectivity index (χ4v) is 2.03. The predicted molar refractivity (Wildman–Crippen MR) is 71.7 cm³/mol. The van der Waals surface area contributed by atoms with Gasteiger partial charge >= 0.3 is 0 Å². The Morgan fingerprint density at radius 1 is 1.39 bits per heavy atom. The third-order valence-electron chi connectivity index (χ3n) is 3.06. The van der Waals surface area contributed by atoms with Gasteiger partial charge in [0, 0.05) is 24.9 Å². The van der Waals surface area contributed by atoms with Crippen LogP contribution in [0.4, 0.5) is 5.69 Å². The Kier molecular flexibility index (Phi) is 3.99. The van der Waals surface area contributed by atoms with Gasteiger partial charge in [-0.2, -0.15) is 0 Å². The summed E-state index contributed by atoms with van der Waals surface area (Å²) in [6.45, 7) is 1.16. The fraction of sp³-hybridized carbons (Fsp3) is 0.357. The van der Waals surface area contributed by atoms with Gasteiger partial charge in [0.25, 0.3) is 0 Å². The van der Waals surface area contributed by atoms with Gasteiger partial charge in [-0.15, -0.1) is 0 Å². The number of nitrogens with two attached hydrogens (primary N) is 1. The van der Waals surface area contributed by atoms with E-state index >= 15 is 0 Å². The summed E-state index contributed by atoms with van der Waals surface area (Å²) < 4.78 is 0. The average molecular weight is 246 g/mol. The van der Waals surface area contributed by atoms with Crippen molar-refractivity contribution < 1.29 is 9.90 Å². The van der Waals surface area contributed by atoms with E-state index in [0.717, 1.165) is 24.9 Å². The number of carbonyl (C=O) groups is 1. The van der Waals surface area contributed by atoms with Crippen LogP contribution in [0.15, 0.2) is 30.3 Å². The van der Waals surface area contributed by atoms with Crippen LogP contribution in [0, 0.1) is 0 Å². The van der Waals surface area contributed by atoms with Crippen molar-refractivity contribution in [3.63, 3.8) is 0 Å². The highest BCUT2D eigenvalue weighted by Gasteiger charge is 2.20. The van der Waals surface area contributed by atoms with E-state index in [4.69, 9.17) is 5.73 Å². The zero-order valence-electron chi connectivity index (χ0n) is 10.2. The Morgan fingerprint density at radius 2 is 2.11 bits per heavy atom. The standard InChI is InChI=1S/C14H18N2O2/c15-12-6-3-11(4-7-12)5-8-14(18)16-9-1-2-13(17)10-16/h3-8,13,17H,1-2,9-10,15H2/b8-5+. The van der Waals surface area contributed by atoms with Crippen molar-refractivity contribution in [3.8, 4) is 0 Å². The van der Waals surface area contributed by atoms with Gasteiger partial charge in [0.15, 0.2) is 0 Å². The molecule has 2 rings (SSSR count). The molecule has 1 heterocycles. The first-order valence-electron chi connectivity index (χ1n) is 6.16. The minimum absolute atomic E-state index is 0.0504. The van der Waals surface area contributed by atoms with Gasteiger partial charge in [0.1, 0.15) is 0 Å². The zero-order chi connectivity index (χ0) is 13.0. The lowest BCUT2D eigenvalue weighted by Crippen LogP contribution is -2.41. The Hall–Kier alpha value is -1.81. The van der Waals surface area contributed by atoms with E-state index in [9.17, 15) is 9.90 Å². The van der Waals surface area contributed by atoms with Crippen molar-refractivity contribution in [1.82, 2.24) is 4.90 Å². The second-order valence-electron chi connectivity index (χ2n) is 4.58. The molecular weight excluding hydrogens is 228 g/mol. The summed E-state index contributed by atoms with van der Waals surface area (Å²) in [7, 11) is 0. The number of piperidine rings is 1. The maximum atomic E-state index is 11.9. The predicted octanol–water partition coefficient (Wildman–Crippen LogP) is 1.27. The van der Waals surface area contributed by atoms with Crippen LogP contribution in [0.25, 0.3) is 6.08 Å². The van der Waals surface area contributed by atoms with Crippen LogP contribution in [0.1, 0.15) is 18.4 Å². The number of nitrogens with zero attached hydrogens (tertiary/aromatic N) is 1. The van der Waals surface area contributed by atoms with E-state index in [1.54, 1.807) is 29.2 Å². The lowest BCUT2D eigenvalue weighted by molar-refractivity contribution is -0.128. The van der Waals surface area contributed by atoms with Crippen LogP contribution in [0.5, 0.6) is 0 Å². The molecule has 4 nitrogen and oxygen atoms in total. The van der Waals surface area contributed by atoms with Crippen LogP contribution in [-0.2, 0) is 4.79 Å². The minimum atomic E-state index is -0.382. The molecule has 1 aliphatic heterocycles. The molecule has 1 aliphatic rings. The third kappa shape index (κ3) is 3.34. The van der Waals surface area contributed by atoms with Gasteiger partial charge in [-0.1, -0.05) is 12.1 Å². The molecule has 96 valence electrons. The smallest absolute Gasteiger partial charge is 0.246 e. The molecule has 0 aliphatic carbocycles. The molecule has 1 atom stereocenters. The monoisotopic (exact) mass is 246 g/mol. The van der Waals surface area contributed by atoms with Crippen molar-refractivity contribution in [2.24, 2.45) is 0 Å². The minimum Gasteiger partial charge on any atom is -0.399 e. The summed E-state index contributed by atoms with van der Waals surface area (Å²) in [5.74, 6) is -0.0504. The van der Waals surface area contributed by atoms with Gasteiger partial charge in [-0.05, 0) is 36.6 Å². The molecule has 1 aromatic carbocycles. The van der Waals surface area contributed by atoms with Gasteiger partial charge in [0.05, 0.1) is 6.10 Å². The van der Waals surface area contributed by atoms with Gasteiger partial charge in [-0.25, -0.2) is 0 Å². The fourth-order valence-electron chi connectivity index (χ4n) is 2.03. The van der Waals surface area contributed by atoms with Gasteiger partial charge in [0.2, 0.25) is 5.91 Å². The number of anilines is 1. The summed E-state index contributed by atoms with van der Waals surface area (Å²) >= 11 is 0. The quantitative estimate of drug-likeness (QED) is 0.610. The number of aliphatic hydroxyl groups excluding tert-OH is 1. The molecule has 3 N–H and O–H groups in total. The molecule has 0 radical (unpaired) electrons. The van der Waals surface area contributed by atoms with Gasteiger partial charge in [-0.3, -0.25) is 4.79 Å². The number of hydrogen-bond donors (Lipinski definition) is 2. The van der Waals surface area contributed by atoms with Crippen molar-refractivity contribution in [2.45, 2.75) is 18.9 Å². The molecule has 1 amide bonds. The van der Waals surface area contributed by atoms with Crippen molar-refractivity contribution >= 4 is 17.7 Å². The summed E-state index contributed by atoms with van der Waals surface area (Å²) in [5, 5.41) is 9.51. The van der Waals surface area contributed by atoms with Crippen molar-refractivity contribution in [2.75, 3.05) is 18.8 Å². The first kappa shape index (κ1) is 12.6. The van der Waals surface area contributed by atoms with Crippen LogP contribution in [0.3, 0.4) is 0 Å². The Morgan fingerprint density at radius 3 is 2.78 bits per heavy atom. The van der Waals surface area contributed by atoms with Crippen LogP contribution < -0.4 is 5.73 Å². The van der Waals surface area contributed by atoms with Crippen LogP contribution in [0.2, 0.25) is 0 Å². The number of aliphatic hydroxyl groups is 1. The molecule has 0 spiro atoms. The number of carbonyl (C=O) groups excluding carboxylic acids is 1. The SMILES string of the molecule is Nc1ccc(/C=C/C(=O)N2CCCC(O)C2)cc1. The second kappa shape index (κ2) is 5.69. The summed E-state index contributed by atoms with van der Waals surface area (Å²) in [5.41, 5.74) is 7.23. The highest BCUT2D eigenvalue weighted by atomic mass is 16.3. The highest BCUT2D eigenvalue weighted by Crippen LogP contribution is 2.11. The molecule has 0 saturated carbocycles. The van der Waals surface area contributed by atoms with E-state index < -0.39 is 0 Å². The molecular formula is C14H18N2O2. The molecule has 0 bridgehead atoms. The van der Waals surface area contributed by atoms with E-state index in [1.807, 2.05) is 12.1 Å². The number of nitrogen functional groups attached to an aromatic ring is 1.